The van der Waals surface area contributed by atoms with E-state index < -0.39 is 0 Å². The third-order valence-electron chi connectivity index (χ3n) is 1.85. The van der Waals surface area contributed by atoms with Crippen molar-refractivity contribution in [2.75, 3.05) is 0 Å². The molecule has 11 heavy (non-hydrogen) atoms. The Morgan fingerprint density at radius 3 is 3.00 bits per heavy atom. The lowest BCUT2D eigenvalue weighted by Crippen LogP contribution is -2.02. The zero-order valence-corrected chi connectivity index (χ0v) is 7.58. The number of benzene rings is 1. The summed E-state index contributed by atoms with van der Waals surface area (Å²) >= 11 is 3.54. The number of halogens is 1. The highest BCUT2D eigenvalue weighted by molar-refractivity contribution is 9.09. The van der Waals surface area contributed by atoms with Gasteiger partial charge >= 0.3 is 0 Å². The van der Waals surface area contributed by atoms with Crippen molar-refractivity contribution < 1.29 is 0 Å². The van der Waals surface area contributed by atoms with Crippen LogP contribution in [-0.2, 0) is 6.54 Å². The van der Waals surface area contributed by atoms with Crippen molar-refractivity contribution in [3.05, 3.63) is 35.4 Å². The van der Waals surface area contributed by atoms with Gasteiger partial charge in [0.25, 0.3) is 0 Å². The van der Waals surface area contributed by atoms with Gasteiger partial charge in [-0.2, -0.15) is 0 Å². The number of aliphatic imine (C=N–C) groups is 1. The van der Waals surface area contributed by atoms with Crippen molar-refractivity contribution in [3.63, 3.8) is 0 Å². The zero-order chi connectivity index (χ0) is 7.68. The molecule has 2 rings (SSSR count). The average Bonchev–Trinajstić information content (AvgIpc) is 2.06. The molecule has 0 amide bonds. The number of hydrogen-bond donors (Lipinski definition) is 0. The second-order valence-corrected chi connectivity index (χ2v) is 3.58. The Morgan fingerprint density at radius 2 is 2.18 bits per heavy atom. The van der Waals surface area contributed by atoms with Crippen molar-refractivity contribution in [2.45, 2.75) is 11.4 Å². The van der Waals surface area contributed by atoms with Crippen LogP contribution in [0.4, 0.5) is 0 Å². The summed E-state index contributed by atoms with van der Waals surface area (Å²) in [6, 6.07) is 8.38. The van der Waals surface area contributed by atoms with E-state index in [4.69, 9.17) is 0 Å². The van der Waals surface area contributed by atoms with Gasteiger partial charge in [-0.3, -0.25) is 4.99 Å². The first-order valence-corrected chi connectivity index (χ1v) is 4.51. The largest absolute Gasteiger partial charge is 0.291 e. The predicted molar refractivity (Wildman–Crippen MR) is 50.3 cm³/mol. The molecule has 1 atom stereocenters. The summed E-state index contributed by atoms with van der Waals surface area (Å²) < 4.78 is 0. The molecule has 0 N–H and O–H groups in total. The fourth-order valence-corrected chi connectivity index (χ4v) is 1.88. The van der Waals surface area contributed by atoms with Gasteiger partial charge in [0, 0.05) is 6.21 Å². The summed E-state index contributed by atoms with van der Waals surface area (Å²) in [5.74, 6) is 0. The van der Waals surface area contributed by atoms with Crippen molar-refractivity contribution in [1.29, 1.82) is 0 Å². The summed E-state index contributed by atoms with van der Waals surface area (Å²) in [6.07, 6.45) is 1.95. The van der Waals surface area contributed by atoms with Gasteiger partial charge in [-0.05, 0) is 11.1 Å². The number of alkyl halides is 1. The van der Waals surface area contributed by atoms with Gasteiger partial charge in [0.15, 0.2) is 0 Å². The Bertz CT molecular complexity index is 293. The third-order valence-corrected chi connectivity index (χ3v) is 2.58. The second-order valence-electron chi connectivity index (χ2n) is 2.59. The Labute approximate surface area is 74.3 Å². The third kappa shape index (κ3) is 1.23. The summed E-state index contributed by atoms with van der Waals surface area (Å²) in [5.41, 5.74) is 2.68. The highest BCUT2D eigenvalue weighted by atomic mass is 79.9. The van der Waals surface area contributed by atoms with E-state index in [9.17, 15) is 0 Å². The minimum Gasteiger partial charge on any atom is -0.291 e. The Kier molecular flexibility index (Phi) is 1.78. The molecule has 56 valence electrons. The van der Waals surface area contributed by atoms with E-state index >= 15 is 0 Å². The second kappa shape index (κ2) is 2.78. The summed E-state index contributed by atoms with van der Waals surface area (Å²) in [7, 11) is 0. The highest BCUT2D eigenvalue weighted by Crippen LogP contribution is 2.27. The van der Waals surface area contributed by atoms with Crippen LogP contribution in [0.25, 0.3) is 0 Å². The van der Waals surface area contributed by atoms with Gasteiger partial charge in [0.05, 0.1) is 11.4 Å². The lowest BCUT2D eigenvalue weighted by Gasteiger charge is -2.14. The van der Waals surface area contributed by atoms with E-state index in [1.54, 1.807) is 0 Å². The van der Waals surface area contributed by atoms with E-state index in [1.165, 1.54) is 11.1 Å². The number of hydrogen-bond acceptors (Lipinski definition) is 1. The van der Waals surface area contributed by atoms with Crippen LogP contribution in [-0.4, -0.2) is 6.21 Å². The van der Waals surface area contributed by atoms with Crippen LogP contribution < -0.4 is 0 Å². The smallest absolute Gasteiger partial charge is 0.0746 e. The van der Waals surface area contributed by atoms with Crippen LogP contribution in [0.5, 0.6) is 0 Å². The molecule has 1 aromatic rings. The van der Waals surface area contributed by atoms with Crippen molar-refractivity contribution in [3.8, 4) is 0 Å². The minimum atomic E-state index is 0.312. The molecule has 0 saturated carbocycles. The molecule has 0 bridgehead atoms. The van der Waals surface area contributed by atoms with Gasteiger partial charge < -0.3 is 0 Å². The molecular formula is C9H8BrN. The van der Waals surface area contributed by atoms with Gasteiger partial charge in [-0.15, -0.1) is 0 Å². The maximum atomic E-state index is 4.23. The van der Waals surface area contributed by atoms with Crippen LogP contribution in [0.15, 0.2) is 29.3 Å². The highest BCUT2D eigenvalue weighted by Gasteiger charge is 2.11. The van der Waals surface area contributed by atoms with Crippen LogP contribution in [0.3, 0.4) is 0 Å². The first-order chi connectivity index (χ1) is 5.38. The van der Waals surface area contributed by atoms with Crippen LogP contribution in [0.1, 0.15) is 16.0 Å². The molecule has 0 aromatic heterocycles. The maximum absolute atomic E-state index is 4.23. The molecule has 1 aliphatic heterocycles. The van der Waals surface area contributed by atoms with Crippen LogP contribution in [0.2, 0.25) is 0 Å². The maximum Gasteiger partial charge on any atom is 0.0746 e. The van der Waals surface area contributed by atoms with E-state index in [1.807, 2.05) is 6.21 Å². The normalized spacial score (nSPS) is 21.4. The average molecular weight is 210 g/mol. The lowest BCUT2D eigenvalue weighted by atomic mass is 10.0. The van der Waals surface area contributed by atoms with Gasteiger partial charge in [-0.25, -0.2) is 0 Å². The van der Waals surface area contributed by atoms with Gasteiger partial charge in [0.1, 0.15) is 0 Å². The summed E-state index contributed by atoms with van der Waals surface area (Å²) in [4.78, 5) is 4.54. The van der Waals surface area contributed by atoms with Crippen LogP contribution in [0, 0.1) is 0 Å². The van der Waals surface area contributed by atoms with Crippen molar-refractivity contribution in [2.24, 2.45) is 4.99 Å². The molecule has 2 heteroatoms. The Morgan fingerprint density at radius 1 is 1.36 bits per heavy atom. The molecule has 1 aliphatic rings. The summed E-state index contributed by atoms with van der Waals surface area (Å²) in [6.45, 7) is 0.832. The zero-order valence-electron chi connectivity index (χ0n) is 6.00. The molecule has 1 unspecified atom stereocenters. The minimum absolute atomic E-state index is 0.312. The van der Waals surface area contributed by atoms with Crippen molar-refractivity contribution >= 4 is 22.1 Å². The quantitative estimate of drug-likeness (QED) is 0.584. The van der Waals surface area contributed by atoms with E-state index in [-0.39, 0.29) is 0 Å². The van der Waals surface area contributed by atoms with E-state index in [0.29, 0.717) is 4.83 Å². The Balaban J connectivity index is 2.50. The molecule has 0 fully saturated rings. The number of rotatable bonds is 0. The van der Waals surface area contributed by atoms with Crippen LogP contribution >= 0.6 is 15.9 Å². The monoisotopic (exact) mass is 209 g/mol. The molecule has 0 spiro atoms. The lowest BCUT2D eigenvalue weighted by molar-refractivity contribution is 1.00. The van der Waals surface area contributed by atoms with Crippen molar-refractivity contribution in [1.82, 2.24) is 0 Å². The molecule has 0 radical (unpaired) electrons. The van der Waals surface area contributed by atoms with Gasteiger partial charge in [0.2, 0.25) is 0 Å². The predicted octanol–water partition coefficient (Wildman–Crippen LogP) is 2.71. The molecular weight excluding hydrogens is 202 g/mol. The molecule has 0 saturated heterocycles. The fourth-order valence-electron chi connectivity index (χ4n) is 1.27. The SMILES string of the molecule is BrC1C=NCc2ccccc21. The molecule has 1 aromatic carbocycles. The number of nitrogens with zero attached hydrogens (tertiary/aromatic N) is 1. The summed E-state index contributed by atoms with van der Waals surface area (Å²) in [5, 5.41) is 0. The van der Waals surface area contributed by atoms with Gasteiger partial charge in [-0.1, -0.05) is 40.2 Å². The van der Waals surface area contributed by atoms with E-state index in [2.05, 4.69) is 45.2 Å². The fraction of sp³-hybridized carbons (Fsp3) is 0.222. The molecule has 1 heterocycles. The molecule has 0 aliphatic carbocycles. The number of fused-ring (bicyclic) bond motifs is 1. The Hall–Kier alpha value is -0.630. The standard InChI is InChI=1S/C9H8BrN/c10-9-6-11-5-7-3-1-2-4-8(7)9/h1-4,6,9H,5H2. The first kappa shape index (κ1) is 7.04. The van der Waals surface area contributed by atoms with E-state index in [0.717, 1.165) is 6.54 Å². The molecule has 1 nitrogen and oxygen atoms in total. The first-order valence-electron chi connectivity index (χ1n) is 3.60. The topological polar surface area (TPSA) is 12.4 Å².